The first-order valence-electron chi connectivity index (χ1n) is 49.2. The van der Waals surface area contributed by atoms with E-state index in [0.717, 1.165) is 319 Å². The number of benzene rings is 7. The summed E-state index contributed by atoms with van der Waals surface area (Å²) in [5.41, 5.74) is 11.6. The van der Waals surface area contributed by atoms with Crippen LogP contribution in [-0.2, 0) is 36.5 Å². The number of hydrogen-bond donors (Lipinski definition) is 0. The molecule has 6 aromatic heterocycles. The Hall–Kier alpha value is -11.2. The zero-order valence-electron chi connectivity index (χ0n) is 78.9. The molecule has 694 valence electrons. The van der Waals surface area contributed by atoms with E-state index in [9.17, 15) is 10.5 Å². The van der Waals surface area contributed by atoms with Gasteiger partial charge in [-0.1, -0.05) is 291 Å². The van der Waals surface area contributed by atoms with E-state index in [1.165, 1.54) is 44.9 Å². The molecule has 0 radical (unpaired) electrons. The number of allylic oxidation sites excluding steroid dienone is 6. The minimum atomic E-state index is -1.21. The van der Waals surface area contributed by atoms with Gasteiger partial charge in [-0.25, -0.2) is 37.8 Å². The summed E-state index contributed by atoms with van der Waals surface area (Å²) in [7, 11) is 0. The van der Waals surface area contributed by atoms with E-state index < -0.39 is 57.1 Å². The number of unbranched alkanes of at least 4 members (excludes halogenated alkanes) is 14. The average Bonchev–Trinajstić information content (AvgIpc) is 1.48. The van der Waals surface area contributed by atoms with Gasteiger partial charge in [0.2, 0.25) is 0 Å². The van der Waals surface area contributed by atoms with Gasteiger partial charge in [0.25, 0.3) is 11.4 Å². The van der Waals surface area contributed by atoms with Crippen molar-refractivity contribution in [3.63, 3.8) is 0 Å². The predicted molar refractivity (Wildman–Crippen MR) is 559 cm³/mol. The molecule has 136 heavy (non-hydrogen) atoms. The summed E-state index contributed by atoms with van der Waals surface area (Å²) in [6, 6.07) is 58.2. The Morgan fingerprint density at radius 3 is 1.00 bits per heavy atom. The highest BCUT2D eigenvalue weighted by Gasteiger charge is 2.55. The normalized spacial score (nSPS) is 15.5. The molecule has 0 fully saturated rings. The van der Waals surface area contributed by atoms with Crippen molar-refractivity contribution in [2.75, 3.05) is 13.2 Å². The lowest BCUT2D eigenvalue weighted by Gasteiger charge is -2.35. The molecule has 0 amide bonds. The van der Waals surface area contributed by atoms with Crippen LogP contribution in [0.3, 0.4) is 0 Å². The number of thiophene rings is 6. The fraction of sp³-hybridized carbons (Fsp3) is 0.356. The topological polar surface area (TPSA) is 109 Å². The Morgan fingerprint density at radius 2 is 0.706 bits per heavy atom. The highest BCUT2D eigenvalue weighted by molar-refractivity contribution is 7.30. The third-order valence-corrected chi connectivity index (χ3v) is 35.3. The number of aryl methyl sites for hydroxylation is 4. The first-order valence-corrected chi connectivity index (χ1v) is 54.1. The highest BCUT2D eigenvalue weighted by Crippen LogP contribution is 2.71. The van der Waals surface area contributed by atoms with Crippen molar-refractivity contribution < 1.29 is 36.6 Å². The fourth-order valence-corrected chi connectivity index (χ4v) is 28.5. The summed E-state index contributed by atoms with van der Waals surface area (Å²) >= 11 is 9.93. The number of halogens is 4. The first-order chi connectivity index (χ1) is 66.4. The zero-order valence-corrected chi connectivity index (χ0v) is 83.8. The third kappa shape index (κ3) is 18.2. The molecule has 0 bridgehead atoms. The molecule has 4 aliphatic carbocycles. The van der Waals surface area contributed by atoms with Crippen LogP contribution in [0.5, 0.6) is 10.1 Å². The minimum Gasteiger partial charge on any atom is -0.484 e. The van der Waals surface area contributed by atoms with Crippen LogP contribution in [0, 0.1) is 70.9 Å². The summed E-state index contributed by atoms with van der Waals surface area (Å²) in [6.07, 6.45) is 32.8. The van der Waals surface area contributed by atoms with E-state index in [-0.39, 0.29) is 44.5 Å². The van der Waals surface area contributed by atoms with Crippen LogP contribution in [0.2, 0.25) is 0 Å². The van der Waals surface area contributed by atoms with Gasteiger partial charge in [-0.05, 0) is 227 Å². The van der Waals surface area contributed by atoms with Gasteiger partial charge in [-0.2, -0.15) is 0 Å². The Labute approximate surface area is 822 Å². The molecule has 17 rings (SSSR count). The number of hydrogen-bond acceptors (Lipinski definition) is 12. The lowest BCUT2D eigenvalue weighted by molar-refractivity contribution is 0.103. The van der Waals surface area contributed by atoms with Crippen LogP contribution < -0.4 is 9.47 Å². The number of Topliss-reactive ketones (excluding diaryl/α,β-unsaturated/α-hetero) is 2. The van der Waals surface area contributed by atoms with Crippen LogP contribution >= 0.6 is 68.0 Å². The number of nitrogens with zero attached hydrogens (tertiary/aromatic N) is 4. The standard InChI is InChI=1S/C118H114F4N4O4S6/c1-11-19-25-29-35-73-39-47-77(48-40-73)117(78-49-41-74(42-50-78)36-30-26-20-12-2)89-61-81(59-87-101(95(67-123)125-9)83-63-91(119)93(121)65-85(83)109(87)127)131-111(89)115-107(117)105-103(97-55-57-99(133-97)129-69-71(17-7)33-23-15-5)114-106(104(113(105)135-115)98-56-58-100(134-98)130-70-72(18-8)34-24-16-6)108-116(136-114)112-90(62-82(132-112)60-88-102(96(68-124)126-10)84-64-92(120)94(122)66-86(84)110(88)128)118(108,79-51-43-75(44-52-79)37-31-27-21-13-3)80-53-45-76(46-54-80)38-32-28-22-14-4/h39-66,71-72H,11-38,69-70H2,1-8H3/b87-59-,88-60-,101-95-,102-96+. The Bertz CT molecular complexity index is 6450. The molecule has 0 saturated heterocycles. The largest absolute Gasteiger partial charge is 0.484 e. The van der Waals surface area contributed by atoms with Gasteiger partial charge in [0.15, 0.2) is 45.0 Å². The van der Waals surface area contributed by atoms with Crippen molar-refractivity contribution in [2.24, 2.45) is 11.8 Å². The summed E-state index contributed by atoms with van der Waals surface area (Å²) in [5.74, 6) is -5.43. The van der Waals surface area contributed by atoms with Gasteiger partial charge in [-0.15, -0.1) is 45.3 Å². The van der Waals surface area contributed by atoms with E-state index in [2.05, 4.69) is 199 Å². The molecular weight excluding hydrogens is 1810 g/mol. The number of fused-ring (bicyclic) bond motifs is 12. The molecule has 2 unspecified atom stereocenters. The molecular formula is C118H114F4N4O4S6. The molecule has 6 heterocycles. The van der Waals surface area contributed by atoms with Crippen LogP contribution in [0.15, 0.2) is 180 Å². The second-order valence-corrected chi connectivity index (χ2v) is 43.4. The Morgan fingerprint density at radius 1 is 0.390 bits per heavy atom. The van der Waals surface area contributed by atoms with Gasteiger partial charge in [0.05, 0.1) is 68.8 Å². The van der Waals surface area contributed by atoms with Gasteiger partial charge >= 0.3 is 0 Å². The van der Waals surface area contributed by atoms with Gasteiger partial charge in [-0.3, -0.25) is 9.59 Å². The molecule has 4 aliphatic rings. The number of ketones is 2. The highest BCUT2D eigenvalue weighted by atomic mass is 32.1. The minimum absolute atomic E-state index is 0.00407. The summed E-state index contributed by atoms with van der Waals surface area (Å²) < 4.78 is 79.2. The van der Waals surface area contributed by atoms with E-state index in [0.29, 0.717) is 34.8 Å². The second-order valence-electron chi connectivity index (χ2n) is 37.1. The molecule has 7 aromatic carbocycles. The molecule has 18 heteroatoms. The summed E-state index contributed by atoms with van der Waals surface area (Å²) in [5, 5.41) is 25.3. The molecule has 13 aromatic rings. The second kappa shape index (κ2) is 42.8. The van der Waals surface area contributed by atoms with E-state index in [1.54, 1.807) is 57.5 Å². The average molecular weight is 1920 g/mol. The lowest BCUT2D eigenvalue weighted by atomic mass is 9.66. The first kappa shape index (κ1) is 96.5. The van der Waals surface area contributed by atoms with Gasteiger partial charge < -0.3 is 9.47 Å². The van der Waals surface area contributed by atoms with E-state index in [4.69, 9.17) is 22.6 Å². The summed E-state index contributed by atoms with van der Waals surface area (Å²) in [4.78, 5) is 45.1. The maximum atomic E-state index is 15.7. The van der Waals surface area contributed by atoms with Crippen LogP contribution in [-0.4, -0.2) is 24.8 Å². The number of ether oxygens (including phenoxy) is 2. The maximum absolute atomic E-state index is 15.7. The maximum Gasteiger partial charge on any atom is 0.270 e. The summed E-state index contributed by atoms with van der Waals surface area (Å²) in [6.45, 7) is 35.8. The van der Waals surface area contributed by atoms with Crippen LogP contribution in [0.1, 0.15) is 318 Å². The Kier molecular flexibility index (Phi) is 30.4. The van der Waals surface area contributed by atoms with Crippen LogP contribution in [0.4, 0.5) is 17.6 Å². The zero-order chi connectivity index (χ0) is 95.1. The molecule has 0 N–H and O–H groups in total. The number of carbonyl (C=O) groups is 2. The third-order valence-electron chi connectivity index (χ3n) is 28.4. The quantitative estimate of drug-likeness (QED) is 0.0124. The SMILES string of the molecule is [C-]#[N+]/C(C#N)=C1\C(=C\c2cc3c(s2)-c2sc4c(-c5ccc(OCC(CC)CCCC)s5)c5c6c(sc5c(-c5ccc(OCC(CC)CCCC)s5)c4c2C3(c2ccc(CCCCCC)cc2)c2ccc(CCCCCC)cc2)-c2sc(/C=C3\C(=O)c4cc(F)c(F)cc4\C3=C(\C#N)[N+]#[C-])cc2C6(c2ccc(CCCCCC)cc2)c2ccc(CCCCCC)cc2)C(=O)c2cc(F)c(F)cc21. The number of nitriles is 2. The monoisotopic (exact) mass is 1920 g/mol. The molecule has 0 spiro atoms. The van der Waals surface area contributed by atoms with Gasteiger partial charge in [0, 0.05) is 84.2 Å². The van der Waals surface area contributed by atoms with Crippen molar-refractivity contribution in [1.82, 2.24) is 0 Å². The van der Waals surface area contributed by atoms with Crippen molar-refractivity contribution >= 4 is 123 Å². The Balaban J connectivity index is 1.05. The number of carbonyl (C=O) groups excluding carboxylic acids is 2. The number of rotatable bonds is 42. The predicted octanol–water partition coefficient (Wildman–Crippen LogP) is 35.5. The molecule has 0 aliphatic heterocycles. The molecule has 2 atom stereocenters. The van der Waals surface area contributed by atoms with Crippen molar-refractivity contribution in [1.29, 1.82) is 10.5 Å². The molecule has 8 nitrogen and oxygen atoms in total. The smallest absolute Gasteiger partial charge is 0.270 e. The lowest BCUT2D eigenvalue weighted by Crippen LogP contribution is -2.29. The van der Waals surface area contributed by atoms with Gasteiger partial charge in [0.1, 0.15) is 0 Å². The molecule has 0 saturated carbocycles. The van der Waals surface area contributed by atoms with Crippen molar-refractivity contribution in [3.05, 3.63) is 325 Å². The van der Waals surface area contributed by atoms with Crippen LogP contribution in [0.25, 0.3) is 93.6 Å². The van der Waals surface area contributed by atoms with E-state index >= 15 is 27.2 Å². The van der Waals surface area contributed by atoms with E-state index in [1.807, 2.05) is 12.1 Å². The fourth-order valence-electron chi connectivity index (χ4n) is 21.1. The van der Waals surface area contributed by atoms with Crippen molar-refractivity contribution in [2.45, 2.75) is 246 Å². The van der Waals surface area contributed by atoms with Crippen molar-refractivity contribution in [3.8, 4) is 62.7 Å².